The van der Waals surface area contributed by atoms with Crippen molar-refractivity contribution in [3.63, 3.8) is 0 Å². The molecular weight excluding hydrogens is 344 g/mol. The van der Waals surface area contributed by atoms with Crippen LogP contribution in [-0.2, 0) is 0 Å². The molecule has 4 rings (SSSR count). The maximum absolute atomic E-state index is 13.0. The molecule has 1 aromatic heterocycles. The summed E-state index contributed by atoms with van der Waals surface area (Å²) in [6, 6.07) is 19.4. The van der Waals surface area contributed by atoms with E-state index >= 15 is 0 Å². The number of carbonyl (C=O) groups excluding carboxylic acids is 1. The van der Waals surface area contributed by atoms with Crippen LogP contribution in [0.4, 0.5) is 5.69 Å². The highest BCUT2D eigenvalue weighted by molar-refractivity contribution is 7.12. The maximum Gasteiger partial charge on any atom is 0.264 e. The zero-order valence-electron chi connectivity index (χ0n) is 14.3. The van der Waals surface area contributed by atoms with Gasteiger partial charge >= 0.3 is 0 Å². The van der Waals surface area contributed by atoms with Gasteiger partial charge in [-0.1, -0.05) is 42.5 Å². The summed E-state index contributed by atoms with van der Waals surface area (Å²) in [7, 11) is 0. The maximum atomic E-state index is 13.0. The fraction of sp³-hybridized carbons (Fsp3) is 0.190. The number of aromatic hydroxyl groups is 1. The van der Waals surface area contributed by atoms with Crippen molar-refractivity contribution in [2.75, 3.05) is 31.1 Å². The first kappa shape index (κ1) is 16.7. The Balaban J connectivity index is 1.48. The number of carbonyl (C=O) groups is 1. The van der Waals surface area contributed by atoms with E-state index in [1.165, 1.54) is 11.3 Å². The van der Waals surface area contributed by atoms with Crippen LogP contribution in [-0.4, -0.2) is 42.1 Å². The number of amides is 1. The zero-order chi connectivity index (χ0) is 17.9. The van der Waals surface area contributed by atoms with Crippen LogP contribution in [0.15, 0.2) is 66.0 Å². The summed E-state index contributed by atoms with van der Waals surface area (Å²) < 4.78 is 0. The predicted octanol–water partition coefficient (Wildman–Crippen LogP) is 4.08. The molecule has 5 heteroatoms. The summed E-state index contributed by atoms with van der Waals surface area (Å²) in [4.78, 5) is 17.9. The smallest absolute Gasteiger partial charge is 0.264 e. The van der Waals surface area contributed by atoms with Crippen molar-refractivity contribution in [1.29, 1.82) is 0 Å². The highest BCUT2D eigenvalue weighted by Gasteiger charge is 2.25. The van der Waals surface area contributed by atoms with Crippen molar-refractivity contribution < 1.29 is 9.90 Å². The topological polar surface area (TPSA) is 43.8 Å². The van der Waals surface area contributed by atoms with Crippen molar-refractivity contribution in [1.82, 2.24) is 4.90 Å². The molecule has 1 aliphatic heterocycles. The first-order valence-corrected chi connectivity index (χ1v) is 9.57. The van der Waals surface area contributed by atoms with Gasteiger partial charge in [-0.05, 0) is 29.1 Å². The fourth-order valence-corrected chi connectivity index (χ4v) is 4.23. The van der Waals surface area contributed by atoms with E-state index < -0.39 is 0 Å². The molecule has 26 heavy (non-hydrogen) atoms. The van der Waals surface area contributed by atoms with Crippen LogP contribution in [0.25, 0.3) is 11.1 Å². The molecule has 1 saturated heterocycles. The van der Waals surface area contributed by atoms with Crippen molar-refractivity contribution in [2.45, 2.75) is 0 Å². The number of phenols is 1. The molecule has 2 heterocycles. The molecular formula is C21H20N2O2S. The normalized spacial score (nSPS) is 14.5. The van der Waals surface area contributed by atoms with E-state index in [2.05, 4.69) is 4.90 Å². The highest BCUT2D eigenvalue weighted by Crippen LogP contribution is 2.31. The summed E-state index contributed by atoms with van der Waals surface area (Å²) in [5.74, 6) is 0.382. The molecule has 3 aromatic rings. The van der Waals surface area contributed by atoms with Gasteiger partial charge in [0, 0.05) is 31.7 Å². The number of benzene rings is 2. The van der Waals surface area contributed by atoms with Crippen molar-refractivity contribution in [3.8, 4) is 16.9 Å². The monoisotopic (exact) mass is 364 g/mol. The van der Waals surface area contributed by atoms with Crippen LogP contribution in [0.1, 0.15) is 9.67 Å². The Morgan fingerprint density at radius 3 is 2.31 bits per heavy atom. The van der Waals surface area contributed by atoms with E-state index in [1.54, 1.807) is 6.07 Å². The minimum Gasteiger partial charge on any atom is -0.506 e. The number of hydrogen-bond donors (Lipinski definition) is 1. The number of anilines is 1. The third-order valence-electron chi connectivity index (χ3n) is 4.73. The Bertz CT molecular complexity index is 899. The first-order chi connectivity index (χ1) is 12.7. The van der Waals surface area contributed by atoms with Crippen molar-refractivity contribution in [3.05, 3.63) is 70.9 Å². The summed E-state index contributed by atoms with van der Waals surface area (Å²) in [6.45, 7) is 2.74. The van der Waals surface area contributed by atoms with E-state index in [0.29, 0.717) is 13.1 Å². The van der Waals surface area contributed by atoms with Crippen LogP contribution < -0.4 is 4.90 Å². The zero-order valence-corrected chi connectivity index (χ0v) is 15.2. The molecule has 0 aliphatic carbocycles. The van der Waals surface area contributed by atoms with E-state index in [9.17, 15) is 9.90 Å². The number of rotatable bonds is 3. The molecule has 132 valence electrons. The largest absolute Gasteiger partial charge is 0.506 e. The molecule has 1 fully saturated rings. The van der Waals surface area contributed by atoms with Crippen molar-refractivity contribution in [2.24, 2.45) is 0 Å². The first-order valence-electron chi connectivity index (χ1n) is 8.69. The second-order valence-electron chi connectivity index (χ2n) is 6.30. The summed E-state index contributed by atoms with van der Waals surface area (Å²) in [5, 5.41) is 12.0. The average molecular weight is 364 g/mol. The van der Waals surface area contributed by atoms with Gasteiger partial charge in [0.25, 0.3) is 5.91 Å². The molecule has 0 unspecified atom stereocenters. The molecule has 2 aromatic carbocycles. The molecule has 0 saturated carbocycles. The minimum absolute atomic E-state index is 0.0933. The molecule has 1 aliphatic rings. The van der Waals surface area contributed by atoms with Crippen LogP contribution in [0.3, 0.4) is 0 Å². The lowest BCUT2D eigenvalue weighted by Crippen LogP contribution is -2.48. The lowest BCUT2D eigenvalue weighted by Gasteiger charge is -2.36. The number of thiophene rings is 1. The summed E-state index contributed by atoms with van der Waals surface area (Å²) >= 11 is 1.50. The fourth-order valence-electron chi connectivity index (χ4n) is 3.35. The number of para-hydroxylation sites is 2. The lowest BCUT2D eigenvalue weighted by molar-refractivity contribution is 0.0752. The van der Waals surface area contributed by atoms with E-state index in [1.807, 2.05) is 64.9 Å². The van der Waals surface area contributed by atoms with Gasteiger partial charge in [0.1, 0.15) is 5.75 Å². The quantitative estimate of drug-likeness (QED) is 0.761. The van der Waals surface area contributed by atoms with E-state index in [0.717, 1.165) is 34.8 Å². The van der Waals surface area contributed by atoms with Gasteiger partial charge in [-0.25, -0.2) is 0 Å². The van der Waals surface area contributed by atoms with Gasteiger partial charge in [0.05, 0.1) is 10.6 Å². The average Bonchev–Trinajstić information content (AvgIpc) is 3.18. The van der Waals surface area contributed by atoms with Crippen molar-refractivity contribution >= 4 is 22.9 Å². The standard InChI is InChI=1S/C21H20N2O2S/c24-19-9-5-4-8-18(19)22-11-13-23(14-12-22)21(25)20-17(10-15-26-20)16-6-2-1-3-7-16/h1-10,15,24H,11-14H2. The Kier molecular flexibility index (Phi) is 4.63. The molecule has 0 spiro atoms. The number of nitrogens with zero attached hydrogens (tertiary/aromatic N) is 2. The lowest BCUT2D eigenvalue weighted by atomic mass is 10.1. The third kappa shape index (κ3) is 3.18. The van der Waals surface area contributed by atoms with Gasteiger partial charge in [-0.2, -0.15) is 0 Å². The van der Waals surface area contributed by atoms with Gasteiger partial charge in [-0.3, -0.25) is 4.79 Å². The predicted molar refractivity (Wildman–Crippen MR) is 106 cm³/mol. The molecule has 1 N–H and O–H groups in total. The minimum atomic E-state index is 0.0933. The van der Waals surface area contributed by atoms with Gasteiger partial charge < -0.3 is 14.9 Å². The van der Waals surface area contributed by atoms with Crippen LogP contribution >= 0.6 is 11.3 Å². The number of hydrogen-bond acceptors (Lipinski definition) is 4. The van der Waals surface area contributed by atoms with Crippen LogP contribution in [0, 0.1) is 0 Å². The molecule has 0 atom stereocenters. The van der Waals surface area contributed by atoms with Gasteiger partial charge in [0.15, 0.2) is 0 Å². The van der Waals surface area contributed by atoms with Crippen LogP contribution in [0.5, 0.6) is 5.75 Å². The van der Waals surface area contributed by atoms with E-state index in [-0.39, 0.29) is 11.7 Å². The second kappa shape index (κ2) is 7.22. The highest BCUT2D eigenvalue weighted by atomic mass is 32.1. The summed E-state index contributed by atoms with van der Waals surface area (Å²) in [6.07, 6.45) is 0. The summed E-state index contributed by atoms with van der Waals surface area (Å²) in [5.41, 5.74) is 2.91. The Hall–Kier alpha value is -2.79. The molecule has 1 amide bonds. The Morgan fingerprint density at radius 1 is 0.885 bits per heavy atom. The van der Waals surface area contributed by atoms with Gasteiger partial charge in [0.2, 0.25) is 0 Å². The molecule has 0 bridgehead atoms. The number of phenolic OH excluding ortho intramolecular Hbond substituents is 1. The number of piperazine rings is 1. The molecule has 4 nitrogen and oxygen atoms in total. The Morgan fingerprint density at radius 2 is 1.58 bits per heavy atom. The van der Waals surface area contributed by atoms with E-state index in [4.69, 9.17) is 0 Å². The van der Waals surface area contributed by atoms with Crippen LogP contribution in [0.2, 0.25) is 0 Å². The Labute approximate surface area is 156 Å². The molecule has 0 radical (unpaired) electrons. The van der Waals surface area contributed by atoms with Gasteiger partial charge in [-0.15, -0.1) is 11.3 Å². The third-order valence-corrected chi connectivity index (χ3v) is 5.64. The second-order valence-corrected chi connectivity index (χ2v) is 7.21. The SMILES string of the molecule is O=C(c1sccc1-c1ccccc1)N1CCN(c2ccccc2O)CC1.